The SMILES string of the molecule is CCCn1ncnc1C(NC)c1csc(I)c1. The number of halogens is 1. The highest BCUT2D eigenvalue weighted by atomic mass is 127. The molecule has 92 valence electrons. The second kappa shape index (κ2) is 5.92. The Hall–Kier alpha value is -0.470. The van der Waals surface area contributed by atoms with Gasteiger partial charge in [-0.05, 0) is 53.1 Å². The second-order valence-corrected chi connectivity index (χ2v) is 6.55. The van der Waals surface area contributed by atoms with Crippen molar-refractivity contribution in [3.8, 4) is 0 Å². The van der Waals surface area contributed by atoms with Gasteiger partial charge in [-0.15, -0.1) is 11.3 Å². The number of nitrogens with zero attached hydrogens (tertiary/aromatic N) is 3. The number of hydrogen-bond acceptors (Lipinski definition) is 4. The molecule has 6 heteroatoms. The lowest BCUT2D eigenvalue weighted by Crippen LogP contribution is -2.22. The summed E-state index contributed by atoms with van der Waals surface area (Å²) < 4.78 is 3.27. The molecule has 0 fully saturated rings. The van der Waals surface area contributed by atoms with Gasteiger partial charge in [0.15, 0.2) is 0 Å². The highest BCUT2D eigenvalue weighted by Gasteiger charge is 2.19. The molecule has 4 nitrogen and oxygen atoms in total. The Kier molecular flexibility index (Phi) is 4.52. The van der Waals surface area contributed by atoms with Crippen LogP contribution in [0.2, 0.25) is 0 Å². The molecule has 1 N–H and O–H groups in total. The Morgan fingerprint density at radius 3 is 3.00 bits per heavy atom. The number of nitrogens with one attached hydrogen (secondary N) is 1. The van der Waals surface area contributed by atoms with Crippen LogP contribution in [-0.2, 0) is 6.54 Å². The smallest absolute Gasteiger partial charge is 0.148 e. The molecule has 0 bridgehead atoms. The van der Waals surface area contributed by atoms with Crippen molar-refractivity contribution < 1.29 is 0 Å². The molecule has 1 unspecified atom stereocenters. The molecule has 0 spiro atoms. The van der Waals surface area contributed by atoms with Crippen molar-refractivity contribution in [1.82, 2.24) is 20.1 Å². The van der Waals surface area contributed by atoms with E-state index in [0.29, 0.717) is 0 Å². The third-order valence-electron chi connectivity index (χ3n) is 2.55. The summed E-state index contributed by atoms with van der Waals surface area (Å²) in [5.74, 6) is 0.989. The zero-order valence-electron chi connectivity index (χ0n) is 9.85. The van der Waals surface area contributed by atoms with Crippen molar-refractivity contribution in [2.75, 3.05) is 7.05 Å². The Morgan fingerprint density at radius 2 is 2.41 bits per heavy atom. The first-order chi connectivity index (χ1) is 8.26. The number of hydrogen-bond donors (Lipinski definition) is 1. The van der Waals surface area contributed by atoms with E-state index >= 15 is 0 Å². The highest BCUT2D eigenvalue weighted by Crippen LogP contribution is 2.26. The summed E-state index contributed by atoms with van der Waals surface area (Å²) in [6, 6.07) is 2.32. The van der Waals surface area contributed by atoms with Crippen molar-refractivity contribution in [3.63, 3.8) is 0 Å². The minimum Gasteiger partial charge on any atom is -0.307 e. The maximum atomic E-state index is 4.38. The number of aryl methyl sites for hydroxylation is 1. The molecule has 0 aliphatic rings. The molecule has 0 saturated carbocycles. The van der Waals surface area contributed by atoms with E-state index in [1.54, 1.807) is 17.7 Å². The minimum absolute atomic E-state index is 0.129. The Morgan fingerprint density at radius 1 is 1.59 bits per heavy atom. The molecule has 17 heavy (non-hydrogen) atoms. The van der Waals surface area contributed by atoms with Crippen LogP contribution in [0.3, 0.4) is 0 Å². The average molecular weight is 362 g/mol. The summed E-state index contributed by atoms with van der Waals surface area (Å²) in [4.78, 5) is 4.38. The maximum Gasteiger partial charge on any atom is 0.148 e. The van der Waals surface area contributed by atoms with Crippen LogP contribution in [0.25, 0.3) is 0 Å². The molecule has 2 aromatic heterocycles. The highest BCUT2D eigenvalue weighted by molar-refractivity contribution is 14.1. The number of rotatable bonds is 5. The average Bonchev–Trinajstić information content (AvgIpc) is 2.91. The van der Waals surface area contributed by atoms with Crippen molar-refractivity contribution in [3.05, 3.63) is 32.0 Å². The van der Waals surface area contributed by atoms with Crippen molar-refractivity contribution in [2.24, 2.45) is 0 Å². The van der Waals surface area contributed by atoms with Gasteiger partial charge in [0.25, 0.3) is 0 Å². The van der Waals surface area contributed by atoms with E-state index in [2.05, 4.69) is 56.4 Å². The van der Waals surface area contributed by atoms with E-state index in [1.165, 1.54) is 8.45 Å². The zero-order chi connectivity index (χ0) is 12.3. The number of thiophene rings is 1. The monoisotopic (exact) mass is 362 g/mol. The first-order valence-electron chi connectivity index (χ1n) is 5.55. The molecule has 2 aromatic rings. The lowest BCUT2D eigenvalue weighted by molar-refractivity contribution is 0.526. The maximum absolute atomic E-state index is 4.38. The van der Waals surface area contributed by atoms with E-state index < -0.39 is 0 Å². The largest absolute Gasteiger partial charge is 0.307 e. The summed E-state index contributed by atoms with van der Waals surface area (Å²) in [5, 5.41) is 9.76. The third kappa shape index (κ3) is 2.86. The zero-order valence-corrected chi connectivity index (χ0v) is 12.8. The van der Waals surface area contributed by atoms with Crippen LogP contribution in [0.5, 0.6) is 0 Å². The Labute approximate surface area is 119 Å². The van der Waals surface area contributed by atoms with Crippen LogP contribution < -0.4 is 5.32 Å². The van der Waals surface area contributed by atoms with Gasteiger partial charge in [-0.2, -0.15) is 5.10 Å². The predicted molar refractivity (Wildman–Crippen MR) is 78.3 cm³/mol. The van der Waals surface area contributed by atoms with E-state index in [-0.39, 0.29) is 6.04 Å². The van der Waals surface area contributed by atoms with Crippen molar-refractivity contribution in [1.29, 1.82) is 0 Å². The van der Waals surface area contributed by atoms with Gasteiger partial charge >= 0.3 is 0 Å². The summed E-state index contributed by atoms with van der Waals surface area (Å²) in [6.07, 6.45) is 2.70. The van der Waals surface area contributed by atoms with Gasteiger partial charge in [0.2, 0.25) is 0 Å². The Bertz CT molecular complexity index is 479. The van der Waals surface area contributed by atoms with E-state index in [0.717, 1.165) is 18.8 Å². The fourth-order valence-electron chi connectivity index (χ4n) is 1.80. The topological polar surface area (TPSA) is 42.7 Å². The normalized spacial score (nSPS) is 12.9. The summed E-state index contributed by atoms with van der Waals surface area (Å²) in [5.41, 5.74) is 1.26. The quantitative estimate of drug-likeness (QED) is 0.832. The molecular formula is C11H15IN4S. The van der Waals surface area contributed by atoms with Gasteiger partial charge in [-0.25, -0.2) is 9.67 Å². The van der Waals surface area contributed by atoms with Gasteiger partial charge in [-0.3, -0.25) is 0 Å². The fourth-order valence-corrected chi connectivity index (χ4v) is 3.20. The molecule has 0 aliphatic heterocycles. The van der Waals surface area contributed by atoms with Gasteiger partial charge in [0.05, 0.1) is 8.93 Å². The van der Waals surface area contributed by atoms with E-state index in [9.17, 15) is 0 Å². The van der Waals surface area contributed by atoms with Crippen LogP contribution >= 0.6 is 33.9 Å². The van der Waals surface area contributed by atoms with Crippen molar-refractivity contribution >= 4 is 33.9 Å². The van der Waals surface area contributed by atoms with E-state index in [4.69, 9.17) is 0 Å². The Balaban J connectivity index is 2.31. The summed E-state index contributed by atoms with van der Waals surface area (Å²) >= 11 is 4.10. The van der Waals surface area contributed by atoms with Crippen molar-refractivity contribution in [2.45, 2.75) is 25.9 Å². The second-order valence-electron chi connectivity index (χ2n) is 3.75. The molecule has 0 amide bonds. The molecule has 0 aromatic carbocycles. The lowest BCUT2D eigenvalue weighted by atomic mass is 10.1. The van der Waals surface area contributed by atoms with Crippen LogP contribution in [0.4, 0.5) is 0 Å². The number of aromatic nitrogens is 3. The van der Waals surface area contributed by atoms with Gasteiger partial charge in [0.1, 0.15) is 12.2 Å². The van der Waals surface area contributed by atoms with Crippen LogP contribution in [0.15, 0.2) is 17.8 Å². The predicted octanol–water partition coefficient (Wildman–Crippen LogP) is 2.66. The third-order valence-corrected chi connectivity index (χ3v) is 4.36. The first-order valence-corrected chi connectivity index (χ1v) is 7.51. The fraction of sp³-hybridized carbons (Fsp3) is 0.455. The molecule has 1 atom stereocenters. The summed E-state index contributed by atoms with van der Waals surface area (Å²) in [6.45, 7) is 3.06. The first kappa shape index (κ1) is 13.0. The summed E-state index contributed by atoms with van der Waals surface area (Å²) in [7, 11) is 1.96. The van der Waals surface area contributed by atoms with Crippen LogP contribution in [0, 0.1) is 2.88 Å². The van der Waals surface area contributed by atoms with Gasteiger partial charge in [0, 0.05) is 6.54 Å². The van der Waals surface area contributed by atoms with Crippen LogP contribution in [0.1, 0.15) is 30.8 Å². The van der Waals surface area contributed by atoms with Gasteiger partial charge < -0.3 is 5.32 Å². The molecule has 0 aliphatic carbocycles. The molecule has 2 heterocycles. The molecule has 2 rings (SSSR count). The molecule has 0 radical (unpaired) electrons. The standard InChI is InChI=1S/C11H15IN4S/c1-3-4-16-11(14-7-15-16)10(13-2)8-5-9(12)17-6-8/h5-7,10,13H,3-4H2,1-2H3. The van der Waals surface area contributed by atoms with Crippen LogP contribution in [-0.4, -0.2) is 21.8 Å². The minimum atomic E-state index is 0.129. The molecule has 0 saturated heterocycles. The lowest BCUT2D eigenvalue weighted by Gasteiger charge is -2.15. The molecular weight excluding hydrogens is 347 g/mol. The van der Waals surface area contributed by atoms with Gasteiger partial charge in [-0.1, -0.05) is 6.92 Å². The van der Waals surface area contributed by atoms with E-state index in [1.807, 2.05) is 11.7 Å².